The number of hydrogen-bond acceptors (Lipinski definition) is 5. The molecular formula is C15H22N2O3. The zero-order valence-corrected chi connectivity index (χ0v) is 12.1. The molecule has 0 bridgehead atoms. The molecule has 1 unspecified atom stereocenters. The summed E-state index contributed by atoms with van der Waals surface area (Å²) < 4.78 is 10.3. The van der Waals surface area contributed by atoms with Crippen LogP contribution in [0.4, 0.5) is 0 Å². The summed E-state index contributed by atoms with van der Waals surface area (Å²) in [5.74, 6) is 0.209. The smallest absolute Gasteiger partial charge is 0.314 e. The number of carbonyl (C=O) groups is 1. The molecule has 1 heterocycles. The highest BCUT2D eigenvalue weighted by Crippen LogP contribution is 2.28. The summed E-state index contributed by atoms with van der Waals surface area (Å²) in [4.78, 5) is 14.4. The third kappa shape index (κ3) is 3.49. The van der Waals surface area contributed by atoms with Crippen LogP contribution in [-0.4, -0.2) is 57.8 Å². The summed E-state index contributed by atoms with van der Waals surface area (Å²) in [5.41, 5.74) is 0.889. The van der Waals surface area contributed by atoms with Crippen molar-refractivity contribution in [3.8, 4) is 5.75 Å². The first-order valence-electron chi connectivity index (χ1n) is 6.90. The summed E-state index contributed by atoms with van der Waals surface area (Å²) in [6.45, 7) is 4.47. The molecule has 2 rings (SSSR count). The van der Waals surface area contributed by atoms with E-state index in [2.05, 4.69) is 10.2 Å². The largest absolute Gasteiger partial charge is 0.496 e. The van der Waals surface area contributed by atoms with Gasteiger partial charge in [0.2, 0.25) is 0 Å². The summed E-state index contributed by atoms with van der Waals surface area (Å²) in [7, 11) is 3.06. The molecule has 1 aliphatic heterocycles. The summed E-state index contributed by atoms with van der Waals surface area (Å²) in [6.07, 6.45) is 0. The van der Waals surface area contributed by atoms with Gasteiger partial charge in [0, 0.05) is 38.3 Å². The number of esters is 1. The van der Waals surface area contributed by atoms with Crippen LogP contribution in [-0.2, 0) is 9.53 Å². The second-order valence-electron chi connectivity index (χ2n) is 4.87. The summed E-state index contributed by atoms with van der Waals surface area (Å²) in [6, 6.07) is 7.64. The summed E-state index contributed by atoms with van der Waals surface area (Å²) >= 11 is 0. The van der Waals surface area contributed by atoms with E-state index < -0.39 is 0 Å². The molecule has 0 saturated carbocycles. The van der Waals surface area contributed by atoms with Crippen LogP contribution in [0.15, 0.2) is 24.3 Å². The molecule has 110 valence electrons. The average molecular weight is 278 g/mol. The minimum atomic E-state index is -0.311. The minimum absolute atomic E-state index is 0.215. The van der Waals surface area contributed by atoms with Crippen LogP contribution < -0.4 is 10.1 Å². The van der Waals surface area contributed by atoms with E-state index in [1.165, 1.54) is 7.11 Å². The molecule has 1 aromatic rings. The highest BCUT2D eigenvalue weighted by Gasteiger charge is 2.27. The van der Waals surface area contributed by atoms with Crippen molar-refractivity contribution in [2.24, 2.45) is 0 Å². The van der Waals surface area contributed by atoms with Gasteiger partial charge in [-0.2, -0.15) is 0 Å². The quantitative estimate of drug-likeness (QED) is 0.810. The van der Waals surface area contributed by atoms with Crippen molar-refractivity contribution < 1.29 is 14.3 Å². The first-order valence-corrected chi connectivity index (χ1v) is 6.90. The van der Waals surface area contributed by atoms with Gasteiger partial charge in [-0.25, -0.2) is 0 Å². The highest BCUT2D eigenvalue weighted by molar-refractivity contribution is 5.79. The van der Waals surface area contributed by atoms with Crippen LogP contribution in [0.2, 0.25) is 0 Å². The molecule has 1 atom stereocenters. The number of methoxy groups -OCH3 is 2. The van der Waals surface area contributed by atoms with Crippen molar-refractivity contribution >= 4 is 5.97 Å². The number of piperazine rings is 1. The Morgan fingerprint density at radius 2 is 2.00 bits per heavy atom. The first-order chi connectivity index (χ1) is 9.76. The topological polar surface area (TPSA) is 50.8 Å². The predicted molar refractivity (Wildman–Crippen MR) is 77.1 cm³/mol. The maximum Gasteiger partial charge on any atom is 0.314 e. The number of benzene rings is 1. The number of nitrogens with one attached hydrogen (secondary N) is 1. The second-order valence-corrected chi connectivity index (χ2v) is 4.87. The van der Waals surface area contributed by atoms with E-state index in [4.69, 9.17) is 9.47 Å². The van der Waals surface area contributed by atoms with Gasteiger partial charge in [0.15, 0.2) is 0 Å². The second kappa shape index (κ2) is 7.26. The van der Waals surface area contributed by atoms with Gasteiger partial charge in [0.1, 0.15) is 5.75 Å². The van der Waals surface area contributed by atoms with Gasteiger partial charge < -0.3 is 14.8 Å². The number of hydrogen-bond donors (Lipinski definition) is 1. The number of ether oxygens (including phenoxy) is 2. The van der Waals surface area contributed by atoms with E-state index in [0.717, 1.165) is 37.5 Å². The van der Waals surface area contributed by atoms with Crippen LogP contribution in [0.3, 0.4) is 0 Å². The van der Waals surface area contributed by atoms with Gasteiger partial charge in [-0.3, -0.25) is 9.69 Å². The van der Waals surface area contributed by atoms with Crippen molar-refractivity contribution in [3.05, 3.63) is 29.8 Å². The molecule has 1 fully saturated rings. The standard InChI is InChI=1S/C15H22N2O3/c1-19-14-6-4-3-5-12(14)13(15(18)20-2)11-17-9-7-16-8-10-17/h3-6,13,16H,7-11H2,1-2H3. The normalized spacial score (nSPS) is 17.5. The van der Waals surface area contributed by atoms with Gasteiger partial charge in [-0.1, -0.05) is 18.2 Å². The van der Waals surface area contributed by atoms with Gasteiger partial charge in [-0.05, 0) is 6.07 Å². The van der Waals surface area contributed by atoms with Gasteiger partial charge in [-0.15, -0.1) is 0 Å². The lowest BCUT2D eigenvalue weighted by Crippen LogP contribution is -2.45. The Labute approximate surface area is 119 Å². The average Bonchev–Trinajstić information content (AvgIpc) is 2.53. The molecule has 0 aromatic heterocycles. The molecule has 0 spiro atoms. The predicted octanol–water partition coefficient (Wildman–Crippen LogP) is 0.857. The minimum Gasteiger partial charge on any atom is -0.496 e. The Hall–Kier alpha value is -1.59. The van der Waals surface area contributed by atoms with Crippen molar-refractivity contribution in [1.29, 1.82) is 0 Å². The molecule has 0 radical (unpaired) electrons. The van der Waals surface area contributed by atoms with E-state index in [1.807, 2.05) is 24.3 Å². The number of carbonyl (C=O) groups excluding carboxylic acids is 1. The van der Waals surface area contributed by atoms with Crippen molar-refractivity contribution in [3.63, 3.8) is 0 Å². The third-order valence-electron chi connectivity index (χ3n) is 3.65. The Morgan fingerprint density at radius 1 is 1.30 bits per heavy atom. The lowest BCUT2D eigenvalue weighted by molar-refractivity contribution is -0.143. The zero-order chi connectivity index (χ0) is 14.4. The van der Waals surface area contributed by atoms with Crippen LogP contribution in [0.1, 0.15) is 11.5 Å². The number of para-hydroxylation sites is 1. The van der Waals surface area contributed by atoms with E-state index >= 15 is 0 Å². The van der Waals surface area contributed by atoms with Gasteiger partial charge in [0.25, 0.3) is 0 Å². The molecule has 0 amide bonds. The Balaban J connectivity index is 2.20. The molecule has 1 aliphatic rings. The van der Waals surface area contributed by atoms with Crippen molar-refractivity contribution in [2.75, 3.05) is 46.9 Å². The van der Waals surface area contributed by atoms with E-state index in [0.29, 0.717) is 6.54 Å². The Kier molecular flexibility index (Phi) is 5.38. The van der Waals surface area contributed by atoms with Gasteiger partial charge >= 0.3 is 5.97 Å². The van der Waals surface area contributed by atoms with Crippen LogP contribution >= 0.6 is 0 Å². The van der Waals surface area contributed by atoms with Crippen LogP contribution in [0, 0.1) is 0 Å². The van der Waals surface area contributed by atoms with Crippen LogP contribution in [0.5, 0.6) is 5.75 Å². The van der Waals surface area contributed by atoms with E-state index in [9.17, 15) is 4.79 Å². The fourth-order valence-corrected chi connectivity index (χ4v) is 2.55. The molecular weight excluding hydrogens is 256 g/mol. The molecule has 20 heavy (non-hydrogen) atoms. The van der Waals surface area contributed by atoms with Crippen molar-refractivity contribution in [2.45, 2.75) is 5.92 Å². The Morgan fingerprint density at radius 3 is 2.65 bits per heavy atom. The first kappa shape index (κ1) is 14.8. The van der Waals surface area contributed by atoms with E-state index in [1.54, 1.807) is 7.11 Å². The molecule has 0 aliphatic carbocycles. The van der Waals surface area contributed by atoms with Crippen LogP contribution in [0.25, 0.3) is 0 Å². The molecule has 1 saturated heterocycles. The maximum atomic E-state index is 12.1. The molecule has 5 heteroatoms. The zero-order valence-electron chi connectivity index (χ0n) is 12.1. The number of rotatable bonds is 5. The van der Waals surface area contributed by atoms with Gasteiger partial charge in [0.05, 0.1) is 20.1 Å². The fraction of sp³-hybridized carbons (Fsp3) is 0.533. The maximum absolute atomic E-state index is 12.1. The van der Waals surface area contributed by atoms with E-state index in [-0.39, 0.29) is 11.9 Å². The molecule has 1 aromatic carbocycles. The van der Waals surface area contributed by atoms with Crippen molar-refractivity contribution in [1.82, 2.24) is 10.2 Å². The third-order valence-corrected chi connectivity index (χ3v) is 3.65. The number of nitrogens with zero attached hydrogens (tertiary/aromatic N) is 1. The molecule has 5 nitrogen and oxygen atoms in total. The monoisotopic (exact) mass is 278 g/mol. The molecule has 1 N–H and O–H groups in total. The SMILES string of the molecule is COC(=O)C(CN1CCNCC1)c1ccccc1OC. The fourth-order valence-electron chi connectivity index (χ4n) is 2.55. The summed E-state index contributed by atoms with van der Waals surface area (Å²) in [5, 5.41) is 3.31. The lowest BCUT2D eigenvalue weighted by Gasteiger charge is -2.30. The lowest BCUT2D eigenvalue weighted by atomic mass is 9.97. The highest BCUT2D eigenvalue weighted by atomic mass is 16.5. The Bertz CT molecular complexity index is 444.